The summed E-state index contributed by atoms with van der Waals surface area (Å²) < 4.78 is 3.02. The zero-order chi connectivity index (χ0) is 27.5. The summed E-state index contributed by atoms with van der Waals surface area (Å²) in [5, 5.41) is 2.34. The number of fused-ring (bicyclic) bond motifs is 1. The summed E-state index contributed by atoms with van der Waals surface area (Å²) in [7, 11) is 1.69. The summed E-state index contributed by atoms with van der Waals surface area (Å²) in [4.78, 5) is 52.0. The van der Waals surface area contributed by atoms with E-state index in [2.05, 4.69) is 17.2 Å². The highest BCUT2D eigenvalue weighted by molar-refractivity contribution is 6.00. The zero-order valence-electron chi connectivity index (χ0n) is 22.8. The molecule has 208 valence electrons. The molecule has 0 bridgehead atoms. The van der Waals surface area contributed by atoms with Gasteiger partial charge in [-0.05, 0) is 62.5 Å². The van der Waals surface area contributed by atoms with E-state index in [-0.39, 0.29) is 30.0 Å². The molecule has 39 heavy (non-hydrogen) atoms. The highest BCUT2D eigenvalue weighted by Gasteiger charge is 2.32. The number of rotatable bonds is 5. The number of amides is 3. The first-order valence-electron chi connectivity index (χ1n) is 14.4. The Hall–Kier alpha value is -3.38. The number of hydrogen-bond donors (Lipinski definition) is 2. The molecule has 1 saturated carbocycles. The first kappa shape index (κ1) is 27.2. The molecular formula is C30H39N5O4. The van der Waals surface area contributed by atoms with Gasteiger partial charge in [0.25, 0.3) is 0 Å². The first-order valence-corrected chi connectivity index (χ1v) is 14.4. The van der Waals surface area contributed by atoms with E-state index in [1.54, 1.807) is 7.05 Å². The number of nitrogens with zero attached hydrogens (tertiary/aromatic N) is 3. The molecule has 9 nitrogen and oxygen atoms in total. The second-order valence-corrected chi connectivity index (χ2v) is 11.4. The van der Waals surface area contributed by atoms with E-state index in [0.717, 1.165) is 57.2 Å². The maximum atomic E-state index is 13.1. The fourth-order valence-corrected chi connectivity index (χ4v) is 6.55. The molecule has 2 atom stereocenters. The standard InChI is InChI=1S/C30H39N5O4/c1-33-27-22(12-7-13-23(27)35(30(33)39)24-14-15-25(36)32-28(24)37)11-6-5-8-20-16-18-34(19-17-20)29(38)26(31)21-9-3-2-4-10-21/h7,12-13,20-21,24,26H,2-5,8-10,14-19,31H2,1H3,(H,32,36,37). The van der Waals surface area contributed by atoms with Crippen LogP contribution in [0.2, 0.25) is 0 Å². The van der Waals surface area contributed by atoms with Gasteiger partial charge in [0.1, 0.15) is 6.04 Å². The summed E-state index contributed by atoms with van der Waals surface area (Å²) >= 11 is 0. The summed E-state index contributed by atoms with van der Waals surface area (Å²) in [6.45, 7) is 1.54. The number of aryl methyl sites for hydroxylation is 1. The van der Waals surface area contributed by atoms with Gasteiger partial charge in [-0.3, -0.25) is 28.8 Å². The van der Waals surface area contributed by atoms with Crippen LogP contribution in [0.4, 0.5) is 0 Å². The molecular weight excluding hydrogens is 494 g/mol. The van der Waals surface area contributed by atoms with E-state index in [1.165, 1.54) is 28.4 Å². The van der Waals surface area contributed by atoms with Crippen molar-refractivity contribution in [1.82, 2.24) is 19.4 Å². The highest BCUT2D eigenvalue weighted by atomic mass is 16.2. The Labute approximate surface area is 229 Å². The predicted octanol–water partition coefficient (Wildman–Crippen LogP) is 2.60. The van der Waals surface area contributed by atoms with Gasteiger partial charge < -0.3 is 10.6 Å². The molecule has 3 fully saturated rings. The van der Waals surface area contributed by atoms with Crippen LogP contribution < -0.4 is 16.7 Å². The summed E-state index contributed by atoms with van der Waals surface area (Å²) in [5.41, 5.74) is 8.15. The van der Waals surface area contributed by atoms with Crippen LogP contribution in [0, 0.1) is 23.7 Å². The molecule has 1 aromatic carbocycles. The quantitative estimate of drug-likeness (QED) is 0.452. The molecule has 9 heteroatoms. The maximum absolute atomic E-state index is 13.1. The molecule has 2 aliphatic heterocycles. The van der Waals surface area contributed by atoms with Gasteiger partial charge in [-0.1, -0.05) is 37.2 Å². The third-order valence-electron chi connectivity index (χ3n) is 8.89. The predicted molar refractivity (Wildman–Crippen MR) is 149 cm³/mol. The lowest BCUT2D eigenvalue weighted by molar-refractivity contribution is -0.136. The molecule has 3 aliphatic rings. The van der Waals surface area contributed by atoms with Gasteiger partial charge in [0, 0.05) is 33.0 Å². The SMILES string of the molecule is Cn1c(=O)n(C2CCC(=O)NC2=O)c2cccc(C#CCCC3CCN(C(=O)C(N)C4CCCCC4)CC3)c21. The van der Waals surface area contributed by atoms with Crippen molar-refractivity contribution >= 4 is 28.8 Å². The minimum atomic E-state index is -0.711. The molecule has 2 unspecified atom stereocenters. The van der Waals surface area contributed by atoms with E-state index < -0.39 is 11.9 Å². The number of imide groups is 1. The Morgan fingerprint density at radius 1 is 1.08 bits per heavy atom. The minimum absolute atomic E-state index is 0.128. The lowest BCUT2D eigenvalue weighted by Crippen LogP contribution is -2.50. The van der Waals surface area contributed by atoms with Crippen LogP contribution in [0.1, 0.15) is 82.2 Å². The Bertz CT molecular complexity index is 1370. The van der Waals surface area contributed by atoms with Gasteiger partial charge >= 0.3 is 5.69 Å². The first-order chi connectivity index (χ1) is 18.8. The van der Waals surface area contributed by atoms with Gasteiger partial charge in [-0.2, -0.15) is 0 Å². The maximum Gasteiger partial charge on any atom is 0.329 e. The van der Waals surface area contributed by atoms with Crippen molar-refractivity contribution in [2.45, 2.75) is 82.7 Å². The molecule has 5 rings (SSSR count). The number of nitrogens with two attached hydrogens (primary N) is 1. The number of piperidine rings is 2. The monoisotopic (exact) mass is 533 g/mol. The molecule has 2 saturated heterocycles. The largest absolute Gasteiger partial charge is 0.341 e. The molecule has 0 radical (unpaired) electrons. The average molecular weight is 534 g/mol. The average Bonchev–Trinajstić information content (AvgIpc) is 3.21. The summed E-state index contributed by atoms with van der Waals surface area (Å²) in [5.74, 6) is 6.78. The number of carbonyl (C=O) groups excluding carboxylic acids is 3. The molecule has 3 heterocycles. The third-order valence-corrected chi connectivity index (χ3v) is 8.89. The number of hydrogen-bond acceptors (Lipinski definition) is 5. The fraction of sp³-hybridized carbons (Fsp3) is 0.600. The van der Waals surface area contributed by atoms with Gasteiger partial charge in [0.15, 0.2) is 0 Å². The van der Waals surface area contributed by atoms with Crippen LogP contribution in [0.25, 0.3) is 11.0 Å². The topological polar surface area (TPSA) is 119 Å². The van der Waals surface area contributed by atoms with E-state index in [1.807, 2.05) is 23.1 Å². The number of nitrogens with one attached hydrogen (secondary N) is 1. The molecule has 1 aliphatic carbocycles. The fourth-order valence-electron chi connectivity index (χ4n) is 6.55. The Morgan fingerprint density at radius 3 is 2.54 bits per heavy atom. The van der Waals surface area contributed by atoms with Crippen LogP contribution in [-0.4, -0.2) is 50.9 Å². The van der Waals surface area contributed by atoms with E-state index >= 15 is 0 Å². The number of para-hydroxylation sites is 1. The smallest absolute Gasteiger partial charge is 0.329 e. The summed E-state index contributed by atoms with van der Waals surface area (Å²) in [6, 6.07) is 4.50. The van der Waals surface area contributed by atoms with Crippen LogP contribution >= 0.6 is 0 Å². The normalized spacial score (nSPS) is 21.9. The van der Waals surface area contributed by atoms with Gasteiger partial charge in [-0.15, -0.1) is 0 Å². The van der Waals surface area contributed by atoms with E-state index in [4.69, 9.17) is 5.73 Å². The number of imidazole rings is 1. The number of benzene rings is 1. The Morgan fingerprint density at radius 2 is 1.82 bits per heavy atom. The van der Waals surface area contributed by atoms with Crippen LogP contribution in [0.3, 0.4) is 0 Å². The van der Waals surface area contributed by atoms with E-state index in [0.29, 0.717) is 29.3 Å². The van der Waals surface area contributed by atoms with Crippen molar-refractivity contribution in [2.75, 3.05) is 13.1 Å². The summed E-state index contributed by atoms with van der Waals surface area (Å²) in [6.07, 6.45) is 9.94. The molecule has 3 N–H and O–H groups in total. The van der Waals surface area contributed by atoms with Crippen molar-refractivity contribution in [3.8, 4) is 11.8 Å². The number of likely N-dealkylation sites (tertiary alicyclic amines) is 1. The van der Waals surface area contributed by atoms with Gasteiger partial charge in [0.05, 0.1) is 22.6 Å². The van der Waals surface area contributed by atoms with E-state index in [9.17, 15) is 19.2 Å². The Kier molecular flexibility index (Phi) is 8.22. The number of aromatic nitrogens is 2. The van der Waals surface area contributed by atoms with Crippen molar-refractivity contribution in [2.24, 2.45) is 24.6 Å². The lowest BCUT2D eigenvalue weighted by atomic mass is 9.83. The molecule has 3 amide bonds. The molecule has 2 aromatic rings. The lowest BCUT2D eigenvalue weighted by Gasteiger charge is -2.36. The van der Waals surface area contributed by atoms with Crippen molar-refractivity contribution < 1.29 is 14.4 Å². The molecule has 0 spiro atoms. The van der Waals surface area contributed by atoms with Crippen molar-refractivity contribution in [3.63, 3.8) is 0 Å². The van der Waals surface area contributed by atoms with Gasteiger partial charge in [0.2, 0.25) is 17.7 Å². The second-order valence-electron chi connectivity index (χ2n) is 11.4. The third kappa shape index (κ3) is 5.67. The zero-order valence-corrected chi connectivity index (χ0v) is 22.8. The van der Waals surface area contributed by atoms with Crippen LogP contribution in [0.5, 0.6) is 0 Å². The Balaban J connectivity index is 1.19. The van der Waals surface area contributed by atoms with Crippen LogP contribution in [-0.2, 0) is 21.4 Å². The number of carbonyl (C=O) groups is 3. The van der Waals surface area contributed by atoms with Crippen LogP contribution in [0.15, 0.2) is 23.0 Å². The van der Waals surface area contributed by atoms with Crippen molar-refractivity contribution in [3.05, 3.63) is 34.2 Å². The highest BCUT2D eigenvalue weighted by Crippen LogP contribution is 2.28. The second kappa shape index (κ2) is 11.8. The van der Waals surface area contributed by atoms with Crippen molar-refractivity contribution in [1.29, 1.82) is 0 Å². The minimum Gasteiger partial charge on any atom is -0.341 e. The van der Waals surface area contributed by atoms with Gasteiger partial charge in [-0.25, -0.2) is 4.79 Å². The molecule has 1 aromatic heterocycles.